The standard InChI is InChI=1S/C23H24N2O5S/c1-29-20-13-19(14-21(16-20)30-2)23(26)24-9-11-25(12-10-24)31(27,28)22-8-7-17-5-3-4-6-18(17)15-22/h3-8,13-16H,9-12H2,1-2H3. The number of carbonyl (C=O) groups is 1. The van der Waals surface area contributed by atoms with Gasteiger partial charge in [0.05, 0.1) is 19.1 Å². The molecule has 0 N–H and O–H groups in total. The van der Waals surface area contributed by atoms with Gasteiger partial charge in [0.2, 0.25) is 10.0 Å². The van der Waals surface area contributed by atoms with Crippen LogP contribution in [0.1, 0.15) is 10.4 Å². The van der Waals surface area contributed by atoms with Crippen LogP contribution in [0.5, 0.6) is 11.5 Å². The molecule has 3 aromatic carbocycles. The van der Waals surface area contributed by atoms with Crippen molar-refractivity contribution < 1.29 is 22.7 Å². The van der Waals surface area contributed by atoms with Crippen molar-refractivity contribution in [1.82, 2.24) is 9.21 Å². The molecular formula is C23H24N2O5S. The number of sulfonamides is 1. The number of amides is 1. The molecule has 0 radical (unpaired) electrons. The van der Waals surface area contributed by atoms with E-state index in [1.807, 2.05) is 30.3 Å². The Morgan fingerprint density at radius 2 is 1.42 bits per heavy atom. The fraction of sp³-hybridized carbons (Fsp3) is 0.261. The van der Waals surface area contributed by atoms with Crippen molar-refractivity contribution in [1.29, 1.82) is 0 Å². The molecule has 0 atom stereocenters. The van der Waals surface area contributed by atoms with Crippen LogP contribution < -0.4 is 9.47 Å². The van der Waals surface area contributed by atoms with Gasteiger partial charge in [-0.1, -0.05) is 30.3 Å². The van der Waals surface area contributed by atoms with E-state index in [4.69, 9.17) is 9.47 Å². The Morgan fingerprint density at radius 1 is 0.806 bits per heavy atom. The summed E-state index contributed by atoms with van der Waals surface area (Å²) in [5.41, 5.74) is 0.446. The summed E-state index contributed by atoms with van der Waals surface area (Å²) in [4.78, 5) is 14.9. The minimum Gasteiger partial charge on any atom is -0.497 e. The van der Waals surface area contributed by atoms with Gasteiger partial charge in [0.25, 0.3) is 5.91 Å². The van der Waals surface area contributed by atoms with Gasteiger partial charge in [-0.15, -0.1) is 0 Å². The predicted molar refractivity (Wildman–Crippen MR) is 118 cm³/mol. The van der Waals surface area contributed by atoms with Crippen LogP contribution in [-0.2, 0) is 10.0 Å². The summed E-state index contributed by atoms with van der Waals surface area (Å²) in [5.74, 6) is 0.875. The molecule has 0 aromatic heterocycles. The van der Waals surface area contributed by atoms with Gasteiger partial charge in [-0.05, 0) is 35.0 Å². The number of hydrogen-bond donors (Lipinski definition) is 0. The van der Waals surface area contributed by atoms with Gasteiger partial charge >= 0.3 is 0 Å². The van der Waals surface area contributed by atoms with Crippen LogP contribution in [0.4, 0.5) is 0 Å². The lowest BCUT2D eigenvalue weighted by molar-refractivity contribution is 0.0697. The zero-order valence-corrected chi connectivity index (χ0v) is 18.3. The zero-order chi connectivity index (χ0) is 22.0. The highest BCUT2D eigenvalue weighted by molar-refractivity contribution is 7.89. The SMILES string of the molecule is COc1cc(OC)cc(C(=O)N2CCN(S(=O)(=O)c3ccc4ccccc4c3)CC2)c1. The predicted octanol–water partition coefficient (Wildman–Crippen LogP) is 3.00. The van der Waals surface area contributed by atoms with E-state index in [0.717, 1.165) is 10.8 Å². The molecule has 3 aromatic rings. The van der Waals surface area contributed by atoms with Crippen LogP contribution in [0.15, 0.2) is 65.6 Å². The van der Waals surface area contributed by atoms with Crippen molar-refractivity contribution in [2.24, 2.45) is 0 Å². The highest BCUT2D eigenvalue weighted by Gasteiger charge is 2.30. The largest absolute Gasteiger partial charge is 0.497 e. The summed E-state index contributed by atoms with van der Waals surface area (Å²) in [6.07, 6.45) is 0. The summed E-state index contributed by atoms with van der Waals surface area (Å²) in [6, 6.07) is 17.8. The molecule has 1 amide bonds. The minimum atomic E-state index is -3.63. The molecular weight excluding hydrogens is 416 g/mol. The fourth-order valence-electron chi connectivity index (χ4n) is 3.72. The first-order chi connectivity index (χ1) is 14.9. The van der Waals surface area contributed by atoms with Gasteiger partial charge in [0.15, 0.2) is 0 Å². The van der Waals surface area contributed by atoms with Crippen molar-refractivity contribution >= 4 is 26.7 Å². The maximum Gasteiger partial charge on any atom is 0.254 e. The minimum absolute atomic E-state index is 0.181. The molecule has 1 aliphatic heterocycles. The third-order valence-corrected chi connectivity index (χ3v) is 7.38. The lowest BCUT2D eigenvalue weighted by Gasteiger charge is -2.34. The number of nitrogens with zero attached hydrogens (tertiary/aromatic N) is 2. The van der Waals surface area contributed by atoms with E-state index in [1.54, 1.807) is 35.2 Å². The van der Waals surface area contributed by atoms with Crippen LogP contribution in [-0.4, -0.2) is 63.9 Å². The fourth-order valence-corrected chi connectivity index (χ4v) is 5.18. The average Bonchev–Trinajstić information content (AvgIpc) is 2.82. The van der Waals surface area contributed by atoms with Crippen molar-refractivity contribution in [2.75, 3.05) is 40.4 Å². The number of carbonyl (C=O) groups excluding carboxylic acids is 1. The molecule has 1 fully saturated rings. The molecule has 0 bridgehead atoms. The maximum absolute atomic E-state index is 13.1. The highest BCUT2D eigenvalue weighted by atomic mass is 32.2. The van der Waals surface area contributed by atoms with Crippen LogP contribution >= 0.6 is 0 Å². The Hall–Kier alpha value is -3.10. The summed E-state index contributed by atoms with van der Waals surface area (Å²) in [6.45, 7) is 1.10. The van der Waals surface area contributed by atoms with Gasteiger partial charge in [0.1, 0.15) is 11.5 Å². The topological polar surface area (TPSA) is 76.2 Å². The Kier molecular flexibility index (Phi) is 5.84. The Bertz CT molecular complexity index is 1200. The van der Waals surface area contributed by atoms with Crippen LogP contribution in [0.2, 0.25) is 0 Å². The molecule has 8 heteroatoms. The summed E-state index contributed by atoms with van der Waals surface area (Å²) >= 11 is 0. The molecule has 0 spiro atoms. The third-order valence-electron chi connectivity index (χ3n) is 5.48. The van der Waals surface area contributed by atoms with Gasteiger partial charge in [-0.3, -0.25) is 4.79 Å². The lowest BCUT2D eigenvalue weighted by atomic mass is 10.1. The van der Waals surface area contributed by atoms with Gasteiger partial charge in [-0.25, -0.2) is 8.42 Å². The van der Waals surface area contributed by atoms with Gasteiger partial charge < -0.3 is 14.4 Å². The molecule has 162 valence electrons. The van der Waals surface area contributed by atoms with E-state index in [1.165, 1.54) is 18.5 Å². The second-order valence-corrected chi connectivity index (χ2v) is 9.24. The number of rotatable bonds is 5. The highest BCUT2D eigenvalue weighted by Crippen LogP contribution is 2.25. The van der Waals surface area contributed by atoms with Crippen molar-refractivity contribution in [3.63, 3.8) is 0 Å². The first kappa shape index (κ1) is 21.1. The maximum atomic E-state index is 13.1. The Balaban J connectivity index is 1.49. The van der Waals surface area contributed by atoms with Crippen LogP contribution in [0.25, 0.3) is 10.8 Å². The monoisotopic (exact) mass is 440 g/mol. The van der Waals surface area contributed by atoms with Crippen LogP contribution in [0, 0.1) is 0 Å². The van der Waals surface area contributed by atoms with E-state index >= 15 is 0 Å². The van der Waals surface area contributed by atoms with Crippen molar-refractivity contribution in [3.8, 4) is 11.5 Å². The van der Waals surface area contributed by atoms with Gasteiger partial charge in [0, 0.05) is 37.8 Å². The van der Waals surface area contributed by atoms with E-state index in [-0.39, 0.29) is 23.9 Å². The van der Waals surface area contributed by atoms with Crippen LogP contribution in [0.3, 0.4) is 0 Å². The third kappa shape index (κ3) is 4.22. The molecule has 7 nitrogen and oxygen atoms in total. The number of benzene rings is 3. The Labute approximate surface area is 181 Å². The Morgan fingerprint density at radius 3 is 2.03 bits per heavy atom. The molecule has 0 saturated carbocycles. The van der Waals surface area contributed by atoms with Crippen molar-refractivity contribution in [2.45, 2.75) is 4.90 Å². The quantitative estimate of drug-likeness (QED) is 0.610. The lowest BCUT2D eigenvalue weighted by Crippen LogP contribution is -2.50. The van der Waals surface area contributed by atoms with Gasteiger partial charge in [-0.2, -0.15) is 4.31 Å². The molecule has 31 heavy (non-hydrogen) atoms. The van der Waals surface area contributed by atoms with E-state index in [0.29, 0.717) is 30.2 Å². The molecule has 1 saturated heterocycles. The first-order valence-corrected chi connectivity index (χ1v) is 11.4. The van der Waals surface area contributed by atoms with E-state index < -0.39 is 10.0 Å². The number of fused-ring (bicyclic) bond motifs is 1. The number of piperazine rings is 1. The molecule has 4 rings (SSSR count). The number of ether oxygens (including phenoxy) is 2. The normalized spacial score (nSPS) is 15.1. The number of methoxy groups -OCH3 is 2. The van der Waals surface area contributed by atoms with E-state index in [9.17, 15) is 13.2 Å². The summed E-state index contributed by atoms with van der Waals surface area (Å²) in [7, 11) is -0.579. The molecule has 0 unspecified atom stereocenters. The zero-order valence-electron chi connectivity index (χ0n) is 17.4. The first-order valence-electron chi connectivity index (χ1n) is 9.93. The average molecular weight is 441 g/mol. The molecule has 0 aliphatic carbocycles. The molecule has 1 heterocycles. The van der Waals surface area contributed by atoms with E-state index in [2.05, 4.69) is 0 Å². The second kappa shape index (κ2) is 8.56. The second-order valence-electron chi connectivity index (χ2n) is 7.31. The summed E-state index contributed by atoms with van der Waals surface area (Å²) in [5, 5.41) is 1.87. The van der Waals surface area contributed by atoms with Crippen molar-refractivity contribution in [3.05, 3.63) is 66.2 Å². The number of hydrogen-bond acceptors (Lipinski definition) is 5. The smallest absolute Gasteiger partial charge is 0.254 e. The molecule has 1 aliphatic rings. The summed E-state index contributed by atoms with van der Waals surface area (Å²) < 4.78 is 38.2.